The van der Waals surface area contributed by atoms with Gasteiger partial charge in [0.05, 0.1) is 14.9 Å². The Kier molecular flexibility index (Phi) is 2.67. The van der Waals surface area contributed by atoms with Gasteiger partial charge in [0.2, 0.25) is 0 Å². The van der Waals surface area contributed by atoms with E-state index in [0.717, 1.165) is 15.8 Å². The van der Waals surface area contributed by atoms with Crippen LogP contribution in [0.25, 0.3) is 10.1 Å². The van der Waals surface area contributed by atoms with Crippen molar-refractivity contribution in [1.29, 1.82) is 0 Å². The van der Waals surface area contributed by atoms with Crippen molar-refractivity contribution in [3.05, 3.63) is 28.1 Å². The van der Waals surface area contributed by atoms with Crippen LogP contribution in [-0.2, 0) is 5.33 Å². The van der Waals surface area contributed by atoms with Crippen molar-refractivity contribution in [3.8, 4) is 0 Å². The third-order valence-corrected chi connectivity index (χ3v) is 3.70. The SMILES string of the molecule is Fc1cc2c(CBr)nsc2cc1Br. The number of halogens is 3. The van der Waals surface area contributed by atoms with Crippen molar-refractivity contribution in [2.75, 3.05) is 0 Å². The normalized spacial score (nSPS) is 11.0. The van der Waals surface area contributed by atoms with Crippen molar-refractivity contribution in [1.82, 2.24) is 4.37 Å². The molecule has 0 spiro atoms. The van der Waals surface area contributed by atoms with Gasteiger partial charge in [-0.2, -0.15) is 4.37 Å². The van der Waals surface area contributed by atoms with Gasteiger partial charge in [-0.05, 0) is 39.6 Å². The Labute approximate surface area is 95.4 Å². The molecule has 68 valence electrons. The molecule has 0 aliphatic rings. The van der Waals surface area contributed by atoms with E-state index in [1.165, 1.54) is 17.6 Å². The molecule has 0 aliphatic carbocycles. The molecule has 0 fully saturated rings. The second-order valence-electron chi connectivity index (χ2n) is 2.53. The average Bonchev–Trinajstić information content (AvgIpc) is 2.48. The lowest BCUT2D eigenvalue weighted by Crippen LogP contribution is -1.79. The summed E-state index contributed by atoms with van der Waals surface area (Å²) in [5.74, 6) is -0.241. The van der Waals surface area contributed by atoms with Gasteiger partial charge in [-0.1, -0.05) is 15.9 Å². The Morgan fingerprint density at radius 1 is 1.46 bits per heavy atom. The minimum atomic E-state index is -0.241. The van der Waals surface area contributed by atoms with Gasteiger partial charge in [0.25, 0.3) is 0 Å². The highest BCUT2D eigenvalue weighted by molar-refractivity contribution is 9.10. The summed E-state index contributed by atoms with van der Waals surface area (Å²) in [7, 11) is 0. The van der Waals surface area contributed by atoms with E-state index in [1.807, 2.05) is 0 Å². The van der Waals surface area contributed by atoms with E-state index in [4.69, 9.17) is 0 Å². The Balaban J connectivity index is 2.77. The monoisotopic (exact) mass is 323 g/mol. The van der Waals surface area contributed by atoms with E-state index in [-0.39, 0.29) is 5.82 Å². The number of aromatic nitrogens is 1. The molecule has 1 heterocycles. The highest BCUT2D eigenvalue weighted by Gasteiger charge is 2.08. The summed E-state index contributed by atoms with van der Waals surface area (Å²) in [6.45, 7) is 0. The van der Waals surface area contributed by atoms with Crippen LogP contribution in [0.4, 0.5) is 4.39 Å². The maximum atomic E-state index is 13.2. The van der Waals surface area contributed by atoms with Crippen molar-refractivity contribution < 1.29 is 4.39 Å². The molecular formula is C8H4Br2FNS. The predicted molar refractivity (Wildman–Crippen MR) is 59.9 cm³/mol. The lowest BCUT2D eigenvalue weighted by Gasteiger charge is -1.94. The second kappa shape index (κ2) is 3.63. The number of rotatable bonds is 1. The van der Waals surface area contributed by atoms with Crippen LogP contribution in [0.15, 0.2) is 16.6 Å². The van der Waals surface area contributed by atoms with Crippen LogP contribution in [0.2, 0.25) is 0 Å². The molecule has 0 aliphatic heterocycles. The summed E-state index contributed by atoms with van der Waals surface area (Å²) < 4.78 is 18.9. The molecule has 1 aromatic carbocycles. The van der Waals surface area contributed by atoms with Crippen molar-refractivity contribution in [3.63, 3.8) is 0 Å². The van der Waals surface area contributed by atoms with E-state index in [0.29, 0.717) is 9.80 Å². The first-order valence-corrected chi connectivity index (χ1v) is 6.20. The molecule has 0 amide bonds. The number of fused-ring (bicyclic) bond motifs is 1. The summed E-state index contributed by atoms with van der Waals surface area (Å²) >= 11 is 7.84. The molecule has 0 radical (unpaired) electrons. The van der Waals surface area contributed by atoms with Crippen LogP contribution in [0, 0.1) is 5.82 Å². The first kappa shape index (κ1) is 9.55. The third kappa shape index (κ3) is 1.65. The Morgan fingerprint density at radius 3 is 2.92 bits per heavy atom. The van der Waals surface area contributed by atoms with Gasteiger partial charge >= 0.3 is 0 Å². The third-order valence-electron chi connectivity index (χ3n) is 1.71. The van der Waals surface area contributed by atoms with Gasteiger partial charge in [-0.25, -0.2) is 4.39 Å². The fourth-order valence-electron chi connectivity index (χ4n) is 1.08. The minimum absolute atomic E-state index is 0.241. The second-order valence-corrected chi connectivity index (χ2v) is 4.75. The Bertz CT molecular complexity index is 455. The Morgan fingerprint density at radius 2 is 2.23 bits per heavy atom. The molecule has 0 atom stereocenters. The highest BCUT2D eigenvalue weighted by Crippen LogP contribution is 2.29. The molecule has 2 aromatic rings. The molecule has 0 saturated carbocycles. The number of benzene rings is 1. The summed E-state index contributed by atoms with van der Waals surface area (Å²) in [6.07, 6.45) is 0. The number of alkyl halides is 1. The van der Waals surface area contributed by atoms with Gasteiger partial charge in [0.1, 0.15) is 5.82 Å². The zero-order chi connectivity index (χ0) is 9.42. The number of hydrogen-bond donors (Lipinski definition) is 0. The molecule has 0 saturated heterocycles. The average molecular weight is 325 g/mol. The predicted octanol–water partition coefficient (Wildman–Crippen LogP) is 4.09. The molecule has 1 aromatic heterocycles. The Hall–Kier alpha value is -0.000000000000000111. The lowest BCUT2D eigenvalue weighted by molar-refractivity contribution is 0.623. The van der Waals surface area contributed by atoms with Crippen LogP contribution >= 0.6 is 43.4 Å². The molecule has 13 heavy (non-hydrogen) atoms. The zero-order valence-electron chi connectivity index (χ0n) is 6.35. The van der Waals surface area contributed by atoms with E-state index in [1.54, 1.807) is 6.07 Å². The maximum absolute atomic E-state index is 13.2. The highest BCUT2D eigenvalue weighted by atomic mass is 79.9. The van der Waals surface area contributed by atoms with Crippen LogP contribution < -0.4 is 0 Å². The molecular weight excluding hydrogens is 321 g/mol. The van der Waals surface area contributed by atoms with Gasteiger partial charge in [-0.15, -0.1) is 0 Å². The molecule has 5 heteroatoms. The van der Waals surface area contributed by atoms with Crippen LogP contribution in [0.5, 0.6) is 0 Å². The molecule has 0 unspecified atom stereocenters. The van der Waals surface area contributed by atoms with Gasteiger partial charge in [0, 0.05) is 10.7 Å². The van der Waals surface area contributed by atoms with Crippen molar-refractivity contribution in [2.24, 2.45) is 0 Å². The first-order chi connectivity index (χ1) is 6.22. The molecule has 2 rings (SSSR count). The number of hydrogen-bond acceptors (Lipinski definition) is 2. The molecule has 0 bridgehead atoms. The van der Waals surface area contributed by atoms with E-state index in [2.05, 4.69) is 36.2 Å². The zero-order valence-corrected chi connectivity index (χ0v) is 10.3. The van der Waals surface area contributed by atoms with Crippen molar-refractivity contribution >= 4 is 53.5 Å². The standard InChI is InChI=1S/C8H4Br2FNS/c9-3-7-4-1-6(11)5(10)2-8(4)13-12-7/h1-2H,3H2. The molecule has 1 nitrogen and oxygen atoms in total. The summed E-state index contributed by atoms with van der Waals surface area (Å²) in [5, 5.41) is 1.55. The number of nitrogens with zero attached hydrogens (tertiary/aromatic N) is 1. The lowest BCUT2D eigenvalue weighted by atomic mass is 10.2. The smallest absolute Gasteiger partial charge is 0.138 e. The van der Waals surface area contributed by atoms with Gasteiger partial charge in [0.15, 0.2) is 0 Å². The largest absolute Gasteiger partial charge is 0.206 e. The maximum Gasteiger partial charge on any atom is 0.138 e. The van der Waals surface area contributed by atoms with Crippen LogP contribution in [0.1, 0.15) is 5.69 Å². The van der Waals surface area contributed by atoms with Gasteiger partial charge in [-0.3, -0.25) is 0 Å². The van der Waals surface area contributed by atoms with Crippen LogP contribution in [0.3, 0.4) is 0 Å². The van der Waals surface area contributed by atoms with Crippen LogP contribution in [-0.4, -0.2) is 4.37 Å². The minimum Gasteiger partial charge on any atom is -0.206 e. The van der Waals surface area contributed by atoms with E-state index >= 15 is 0 Å². The fourth-order valence-corrected chi connectivity index (χ4v) is 2.98. The van der Waals surface area contributed by atoms with E-state index in [9.17, 15) is 4.39 Å². The summed E-state index contributed by atoms with van der Waals surface area (Å²) in [4.78, 5) is 0. The first-order valence-electron chi connectivity index (χ1n) is 3.51. The topological polar surface area (TPSA) is 12.9 Å². The molecule has 0 N–H and O–H groups in total. The van der Waals surface area contributed by atoms with Gasteiger partial charge < -0.3 is 0 Å². The summed E-state index contributed by atoms with van der Waals surface area (Å²) in [5.41, 5.74) is 0.895. The van der Waals surface area contributed by atoms with Crippen molar-refractivity contribution in [2.45, 2.75) is 5.33 Å². The summed E-state index contributed by atoms with van der Waals surface area (Å²) in [6, 6.07) is 3.27. The fraction of sp³-hybridized carbons (Fsp3) is 0.125. The van der Waals surface area contributed by atoms with E-state index < -0.39 is 0 Å². The quantitative estimate of drug-likeness (QED) is 0.720.